The highest BCUT2D eigenvalue weighted by atomic mass is 32.2. The first-order valence-electron chi connectivity index (χ1n) is 8.63. The second-order valence-corrected chi connectivity index (χ2v) is 9.97. The topological polar surface area (TPSA) is 61.4 Å². The minimum atomic E-state index is -2.86. The van der Waals surface area contributed by atoms with Crippen molar-refractivity contribution in [1.29, 1.82) is 0 Å². The summed E-state index contributed by atoms with van der Waals surface area (Å²) in [6.45, 7) is 7.57. The minimum absolute atomic E-state index is 0.111. The van der Waals surface area contributed by atoms with Gasteiger partial charge in [0.2, 0.25) is 0 Å². The lowest BCUT2D eigenvalue weighted by molar-refractivity contribution is 0.115. The van der Waals surface area contributed by atoms with Crippen LogP contribution in [-0.2, 0) is 9.84 Å². The molecule has 0 spiro atoms. The Morgan fingerprint density at radius 2 is 1.77 bits per heavy atom. The standard InChI is InChI=1S/C16H33N3O2S/c1-12(2)11-19(3)16-10-17-9-15(18-16)13-5-7-14(8-6-13)22(4,20)21/h12-18H,5-11H2,1-4H3. The van der Waals surface area contributed by atoms with Crippen molar-refractivity contribution in [1.82, 2.24) is 15.5 Å². The summed E-state index contributed by atoms with van der Waals surface area (Å²) in [4.78, 5) is 2.39. The van der Waals surface area contributed by atoms with Gasteiger partial charge in [0.15, 0.2) is 0 Å². The average Bonchev–Trinajstić information content (AvgIpc) is 2.46. The van der Waals surface area contributed by atoms with E-state index in [9.17, 15) is 8.42 Å². The smallest absolute Gasteiger partial charge is 0.150 e. The molecule has 1 saturated carbocycles. The fourth-order valence-corrected chi connectivity index (χ4v) is 5.08. The van der Waals surface area contributed by atoms with Gasteiger partial charge in [0.25, 0.3) is 0 Å². The summed E-state index contributed by atoms with van der Waals surface area (Å²) >= 11 is 0. The minimum Gasteiger partial charge on any atom is -0.312 e. The summed E-state index contributed by atoms with van der Waals surface area (Å²) in [5.74, 6) is 1.26. The van der Waals surface area contributed by atoms with Crippen LogP contribution in [0, 0.1) is 11.8 Å². The average molecular weight is 332 g/mol. The first-order chi connectivity index (χ1) is 10.3. The van der Waals surface area contributed by atoms with Crippen LogP contribution >= 0.6 is 0 Å². The molecule has 0 bridgehead atoms. The molecule has 1 aliphatic carbocycles. The van der Waals surface area contributed by atoms with E-state index in [1.807, 2.05) is 0 Å². The van der Waals surface area contributed by atoms with Gasteiger partial charge in [-0.15, -0.1) is 0 Å². The lowest BCUT2D eigenvalue weighted by Gasteiger charge is -2.42. The fraction of sp³-hybridized carbons (Fsp3) is 1.00. The number of sulfone groups is 1. The zero-order chi connectivity index (χ0) is 16.3. The summed E-state index contributed by atoms with van der Waals surface area (Å²) < 4.78 is 23.4. The third-order valence-corrected chi connectivity index (χ3v) is 6.87. The number of rotatable bonds is 5. The summed E-state index contributed by atoms with van der Waals surface area (Å²) in [6, 6.07) is 0.467. The lowest BCUT2D eigenvalue weighted by atomic mass is 9.83. The Morgan fingerprint density at radius 3 is 2.32 bits per heavy atom. The first kappa shape index (κ1) is 18.2. The Hall–Kier alpha value is -0.170. The van der Waals surface area contributed by atoms with Gasteiger partial charge in [0, 0.05) is 31.9 Å². The quantitative estimate of drug-likeness (QED) is 0.789. The van der Waals surface area contributed by atoms with Crippen LogP contribution in [0.5, 0.6) is 0 Å². The number of piperazine rings is 1. The number of nitrogens with zero attached hydrogens (tertiary/aromatic N) is 1. The van der Waals surface area contributed by atoms with Gasteiger partial charge < -0.3 is 5.32 Å². The van der Waals surface area contributed by atoms with Gasteiger partial charge in [-0.2, -0.15) is 0 Å². The third-order valence-electron chi connectivity index (χ3n) is 5.19. The van der Waals surface area contributed by atoms with E-state index in [-0.39, 0.29) is 5.25 Å². The van der Waals surface area contributed by atoms with Gasteiger partial charge in [0.05, 0.1) is 11.4 Å². The fourth-order valence-electron chi connectivity index (χ4n) is 3.95. The van der Waals surface area contributed by atoms with Crippen LogP contribution < -0.4 is 10.6 Å². The molecule has 1 heterocycles. The van der Waals surface area contributed by atoms with E-state index in [0.717, 1.165) is 45.3 Å². The van der Waals surface area contributed by atoms with Crippen molar-refractivity contribution in [3.05, 3.63) is 0 Å². The van der Waals surface area contributed by atoms with E-state index in [2.05, 4.69) is 36.4 Å². The normalized spacial score (nSPS) is 34.3. The molecule has 5 nitrogen and oxygen atoms in total. The van der Waals surface area contributed by atoms with Crippen LogP contribution in [0.3, 0.4) is 0 Å². The van der Waals surface area contributed by atoms with Crippen molar-refractivity contribution in [2.24, 2.45) is 11.8 Å². The monoisotopic (exact) mass is 331 g/mol. The number of nitrogens with one attached hydrogen (secondary N) is 2. The summed E-state index contributed by atoms with van der Waals surface area (Å²) in [6.07, 6.45) is 5.47. The highest BCUT2D eigenvalue weighted by Gasteiger charge is 2.34. The molecule has 0 radical (unpaired) electrons. The lowest BCUT2D eigenvalue weighted by Crippen LogP contribution is -2.63. The van der Waals surface area contributed by atoms with E-state index in [0.29, 0.717) is 24.0 Å². The van der Waals surface area contributed by atoms with Crippen molar-refractivity contribution in [3.8, 4) is 0 Å². The summed E-state index contributed by atoms with van der Waals surface area (Å²) in [7, 11) is -0.679. The van der Waals surface area contributed by atoms with Crippen LogP contribution in [0.2, 0.25) is 0 Å². The molecule has 0 aromatic rings. The van der Waals surface area contributed by atoms with E-state index in [4.69, 9.17) is 0 Å². The molecule has 1 aliphatic heterocycles. The maximum absolute atomic E-state index is 11.7. The van der Waals surface area contributed by atoms with Crippen LogP contribution in [0.15, 0.2) is 0 Å². The van der Waals surface area contributed by atoms with Crippen LogP contribution in [0.1, 0.15) is 39.5 Å². The molecular formula is C16H33N3O2S. The zero-order valence-corrected chi connectivity index (χ0v) is 15.3. The molecule has 0 aromatic carbocycles. The predicted octanol–water partition coefficient (Wildman–Crippen LogP) is 1.07. The molecule has 1 saturated heterocycles. The Balaban J connectivity index is 1.86. The van der Waals surface area contributed by atoms with Crippen molar-refractivity contribution in [2.45, 2.75) is 57.0 Å². The Kier molecular flexibility index (Phi) is 6.28. The first-order valence-corrected chi connectivity index (χ1v) is 10.6. The van der Waals surface area contributed by atoms with E-state index in [1.54, 1.807) is 0 Å². The van der Waals surface area contributed by atoms with Gasteiger partial charge in [-0.25, -0.2) is 8.42 Å². The molecule has 2 fully saturated rings. The van der Waals surface area contributed by atoms with Crippen LogP contribution in [-0.4, -0.2) is 63.7 Å². The Bertz CT molecular complexity index is 444. The maximum Gasteiger partial charge on any atom is 0.150 e. The number of likely N-dealkylation sites (N-methyl/N-ethyl adjacent to an activating group) is 1. The van der Waals surface area contributed by atoms with Gasteiger partial charge >= 0.3 is 0 Å². The molecule has 130 valence electrons. The van der Waals surface area contributed by atoms with Crippen molar-refractivity contribution in [3.63, 3.8) is 0 Å². The van der Waals surface area contributed by atoms with Crippen molar-refractivity contribution < 1.29 is 8.42 Å². The number of hydrogen-bond acceptors (Lipinski definition) is 5. The highest BCUT2D eigenvalue weighted by Crippen LogP contribution is 2.31. The van der Waals surface area contributed by atoms with Crippen LogP contribution in [0.4, 0.5) is 0 Å². The molecule has 2 aliphatic rings. The predicted molar refractivity (Wildman–Crippen MR) is 91.6 cm³/mol. The van der Waals surface area contributed by atoms with Crippen LogP contribution in [0.25, 0.3) is 0 Å². The molecule has 0 aromatic heterocycles. The summed E-state index contributed by atoms with van der Waals surface area (Å²) in [5, 5.41) is 7.24. The van der Waals surface area contributed by atoms with Gasteiger partial charge in [0.1, 0.15) is 9.84 Å². The van der Waals surface area contributed by atoms with Gasteiger partial charge in [-0.3, -0.25) is 10.2 Å². The molecule has 2 N–H and O–H groups in total. The Morgan fingerprint density at radius 1 is 1.14 bits per heavy atom. The van der Waals surface area contributed by atoms with E-state index < -0.39 is 9.84 Å². The molecule has 2 rings (SSSR count). The molecule has 2 atom stereocenters. The van der Waals surface area contributed by atoms with Crippen molar-refractivity contribution in [2.75, 3.05) is 32.9 Å². The van der Waals surface area contributed by atoms with Gasteiger partial charge in [-0.05, 0) is 44.6 Å². The zero-order valence-electron chi connectivity index (χ0n) is 14.5. The molecular weight excluding hydrogens is 298 g/mol. The van der Waals surface area contributed by atoms with E-state index in [1.165, 1.54) is 6.26 Å². The van der Waals surface area contributed by atoms with Gasteiger partial charge in [-0.1, -0.05) is 13.8 Å². The maximum atomic E-state index is 11.7. The molecule has 6 heteroatoms. The second-order valence-electron chi connectivity index (χ2n) is 7.65. The van der Waals surface area contributed by atoms with Crippen molar-refractivity contribution >= 4 is 9.84 Å². The second kappa shape index (κ2) is 7.60. The number of hydrogen-bond donors (Lipinski definition) is 2. The third kappa shape index (κ3) is 4.91. The SMILES string of the molecule is CC(C)CN(C)C1CNCC(C2CCC(S(C)(=O)=O)CC2)N1. The Labute approximate surface area is 136 Å². The highest BCUT2D eigenvalue weighted by molar-refractivity contribution is 7.91. The molecule has 22 heavy (non-hydrogen) atoms. The van der Waals surface area contributed by atoms with E-state index >= 15 is 0 Å². The molecule has 2 unspecified atom stereocenters. The summed E-state index contributed by atoms with van der Waals surface area (Å²) in [5.41, 5.74) is 0. The molecule has 0 amide bonds. The largest absolute Gasteiger partial charge is 0.312 e.